The van der Waals surface area contributed by atoms with Gasteiger partial charge in [0.05, 0.1) is 31.2 Å². The number of H-pyrrole nitrogens is 1. The molecule has 0 bridgehead atoms. The SMILES string of the molecule is COc1cc(C(O)C#Cc2cccc3c2/C(=C/c2[nH]ccc2OC)C(=O)N3)ccc1O. The quantitative estimate of drug-likeness (QED) is 0.386. The molecule has 1 atom stereocenters. The molecule has 31 heavy (non-hydrogen) atoms. The summed E-state index contributed by atoms with van der Waals surface area (Å²) in [6.45, 7) is 0. The summed E-state index contributed by atoms with van der Waals surface area (Å²) in [6.07, 6.45) is 2.34. The van der Waals surface area contributed by atoms with Crippen molar-refractivity contribution in [3.8, 4) is 29.1 Å². The van der Waals surface area contributed by atoms with E-state index in [1.54, 1.807) is 49.7 Å². The summed E-state index contributed by atoms with van der Waals surface area (Å²) >= 11 is 0. The largest absolute Gasteiger partial charge is 0.504 e. The number of carbonyl (C=O) groups excluding carboxylic acids is 1. The molecule has 2 aromatic carbocycles. The van der Waals surface area contributed by atoms with Gasteiger partial charge in [-0.1, -0.05) is 24.0 Å². The van der Waals surface area contributed by atoms with Crippen LogP contribution in [0.1, 0.15) is 28.5 Å². The zero-order valence-electron chi connectivity index (χ0n) is 16.9. The Morgan fingerprint density at radius 1 is 1.10 bits per heavy atom. The smallest absolute Gasteiger partial charge is 0.256 e. The van der Waals surface area contributed by atoms with Gasteiger partial charge >= 0.3 is 0 Å². The van der Waals surface area contributed by atoms with E-state index in [4.69, 9.17) is 9.47 Å². The minimum absolute atomic E-state index is 0.0219. The number of fused-ring (bicyclic) bond motifs is 1. The molecule has 0 saturated carbocycles. The number of amides is 1. The molecule has 1 unspecified atom stereocenters. The summed E-state index contributed by atoms with van der Waals surface area (Å²) < 4.78 is 10.4. The van der Waals surface area contributed by atoms with Crippen LogP contribution in [0.3, 0.4) is 0 Å². The Balaban J connectivity index is 1.72. The fraction of sp³-hybridized carbons (Fsp3) is 0.125. The summed E-state index contributed by atoms with van der Waals surface area (Å²) in [7, 11) is 2.99. The van der Waals surface area contributed by atoms with Crippen molar-refractivity contribution in [1.29, 1.82) is 0 Å². The second-order valence-corrected chi connectivity index (χ2v) is 6.80. The van der Waals surface area contributed by atoms with Crippen LogP contribution in [0.15, 0.2) is 48.7 Å². The fourth-order valence-electron chi connectivity index (χ4n) is 3.39. The van der Waals surface area contributed by atoms with E-state index in [1.807, 2.05) is 0 Å². The lowest BCUT2D eigenvalue weighted by Crippen LogP contribution is -2.03. The monoisotopic (exact) mass is 416 g/mol. The number of aromatic amines is 1. The molecule has 2 heterocycles. The van der Waals surface area contributed by atoms with Crippen molar-refractivity contribution in [2.24, 2.45) is 0 Å². The number of rotatable bonds is 4. The number of phenolic OH excluding ortho intramolecular Hbond substituents is 1. The molecule has 1 aromatic heterocycles. The Kier molecular flexibility index (Phi) is 5.39. The van der Waals surface area contributed by atoms with Crippen molar-refractivity contribution in [2.75, 3.05) is 19.5 Å². The van der Waals surface area contributed by atoms with Gasteiger partial charge in [0.15, 0.2) is 11.5 Å². The Bertz CT molecular complexity index is 1250. The van der Waals surface area contributed by atoms with Gasteiger partial charge in [0.1, 0.15) is 11.9 Å². The highest BCUT2D eigenvalue weighted by Crippen LogP contribution is 2.36. The van der Waals surface area contributed by atoms with Crippen LogP contribution in [0.25, 0.3) is 11.6 Å². The average Bonchev–Trinajstić information content (AvgIpc) is 3.36. The molecule has 0 radical (unpaired) electrons. The minimum atomic E-state index is -1.11. The van der Waals surface area contributed by atoms with Gasteiger partial charge in [-0.25, -0.2) is 0 Å². The summed E-state index contributed by atoms with van der Waals surface area (Å²) in [4.78, 5) is 15.7. The molecule has 0 saturated heterocycles. The van der Waals surface area contributed by atoms with E-state index in [0.717, 1.165) is 0 Å². The summed E-state index contributed by atoms with van der Waals surface area (Å²) in [5.74, 6) is 6.38. The zero-order valence-corrected chi connectivity index (χ0v) is 16.9. The Morgan fingerprint density at radius 3 is 2.68 bits per heavy atom. The lowest BCUT2D eigenvalue weighted by atomic mass is 9.99. The highest BCUT2D eigenvalue weighted by Gasteiger charge is 2.27. The van der Waals surface area contributed by atoms with Crippen LogP contribution in [-0.4, -0.2) is 35.3 Å². The van der Waals surface area contributed by atoms with Crippen LogP contribution < -0.4 is 14.8 Å². The first-order valence-electron chi connectivity index (χ1n) is 9.46. The molecule has 156 valence electrons. The van der Waals surface area contributed by atoms with Gasteiger partial charge in [0.2, 0.25) is 0 Å². The number of anilines is 1. The zero-order chi connectivity index (χ0) is 22.0. The van der Waals surface area contributed by atoms with Crippen molar-refractivity contribution >= 4 is 23.2 Å². The number of hydrogen-bond donors (Lipinski definition) is 4. The van der Waals surface area contributed by atoms with Crippen LogP contribution in [0.4, 0.5) is 5.69 Å². The van der Waals surface area contributed by atoms with E-state index in [0.29, 0.717) is 39.4 Å². The van der Waals surface area contributed by atoms with Crippen molar-refractivity contribution in [1.82, 2.24) is 4.98 Å². The molecule has 7 heteroatoms. The molecular formula is C24H20N2O5. The third-order valence-electron chi connectivity index (χ3n) is 4.94. The van der Waals surface area contributed by atoms with Crippen molar-refractivity contribution in [2.45, 2.75) is 6.10 Å². The number of phenols is 1. The number of methoxy groups -OCH3 is 2. The molecule has 0 aliphatic carbocycles. The van der Waals surface area contributed by atoms with E-state index in [-0.39, 0.29) is 17.4 Å². The first-order valence-corrected chi connectivity index (χ1v) is 9.46. The van der Waals surface area contributed by atoms with E-state index >= 15 is 0 Å². The maximum Gasteiger partial charge on any atom is 0.256 e. The summed E-state index contributed by atoms with van der Waals surface area (Å²) in [6, 6.07) is 11.7. The first kappa shape index (κ1) is 20.1. The van der Waals surface area contributed by atoms with E-state index < -0.39 is 6.10 Å². The third-order valence-corrected chi connectivity index (χ3v) is 4.94. The van der Waals surface area contributed by atoms with Gasteiger partial charge in [-0.15, -0.1) is 0 Å². The molecule has 1 aliphatic rings. The van der Waals surface area contributed by atoms with Gasteiger partial charge in [-0.3, -0.25) is 4.79 Å². The maximum atomic E-state index is 12.6. The van der Waals surface area contributed by atoms with Crippen molar-refractivity contribution in [3.63, 3.8) is 0 Å². The molecule has 4 rings (SSSR count). The van der Waals surface area contributed by atoms with Gasteiger partial charge in [-0.2, -0.15) is 0 Å². The van der Waals surface area contributed by atoms with E-state index in [2.05, 4.69) is 22.1 Å². The van der Waals surface area contributed by atoms with Gasteiger partial charge in [0.25, 0.3) is 5.91 Å². The van der Waals surface area contributed by atoms with Crippen molar-refractivity contribution < 1.29 is 24.5 Å². The number of ether oxygens (including phenoxy) is 2. The predicted octanol–water partition coefficient (Wildman–Crippen LogP) is 3.32. The van der Waals surface area contributed by atoms with Crippen LogP contribution in [-0.2, 0) is 4.79 Å². The number of aliphatic hydroxyl groups is 1. The lowest BCUT2D eigenvalue weighted by molar-refractivity contribution is -0.110. The standard InChI is InChI=1S/C24H20N2O5/c1-30-21-10-11-25-18(21)13-16-23-14(4-3-5-17(23)26-24(16)29)6-8-19(27)15-7-9-20(28)22(12-15)31-2/h3-5,7,9-13,19,25,27-28H,1-2H3,(H,26,29)/b16-13-. The number of aromatic nitrogens is 1. The normalized spacial score (nSPS) is 14.4. The Hall–Kier alpha value is -4.15. The molecule has 0 fully saturated rings. The number of aliphatic hydroxyl groups excluding tert-OH is 1. The summed E-state index contributed by atoms with van der Waals surface area (Å²) in [5, 5.41) is 23.1. The van der Waals surface area contributed by atoms with Gasteiger partial charge < -0.3 is 30.0 Å². The van der Waals surface area contributed by atoms with Crippen LogP contribution in [0.5, 0.6) is 17.2 Å². The lowest BCUT2D eigenvalue weighted by Gasteiger charge is -2.08. The molecule has 1 aliphatic heterocycles. The Labute approximate surface area is 179 Å². The van der Waals surface area contributed by atoms with E-state index in [1.165, 1.54) is 19.2 Å². The molecule has 7 nitrogen and oxygen atoms in total. The van der Waals surface area contributed by atoms with Crippen LogP contribution >= 0.6 is 0 Å². The molecule has 3 aromatic rings. The third kappa shape index (κ3) is 3.84. The first-order chi connectivity index (χ1) is 15.0. The molecule has 0 spiro atoms. The van der Waals surface area contributed by atoms with E-state index in [9.17, 15) is 15.0 Å². The number of hydrogen-bond acceptors (Lipinski definition) is 5. The second-order valence-electron chi connectivity index (χ2n) is 6.80. The topological polar surface area (TPSA) is 104 Å². The molecular weight excluding hydrogens is 396 g/mol. The highest BCUT2D eigenvalue weighted by atomic mass is 16.5. The fourth-order valence-corrected chi connectivity index (χ4v) is 3.39. The average molecular weight is 416 g/mol. The number of aromatic hydroxyl groups is 1. The number of benzene rings is 2. The maximum absolute atomic E-state index is 12.6. The molecule has 1 amide bonds. The van der Waals surface area contributed by atoms with Gasteiger partial charge in [0, 0.05) is 17.3 Å². The summed E-state index contributed by atoms with van der Waals surface area (Å²) in [5.41, 5.74) is 3.50. The van der Waals surface area contributed by atoms with Crippen LogP contribution in [0, 0.1) is 11.8 Å². The van der Waals surface area contributed by atoms with Gasteiger partial charge in [-0.05, 0) is 42.0 Å². The second kappa shape index (κ2) is 8.30. The molecule has 4 N–H and O–H groups in total. The predicted molar refractivity (Wildman–Crippen MR) is 117 cm³/mol. The minimum Gasteiger partial charge on any atom is -0.504 e. The highest BCUT2D eigenvalue weighted by molar-refractivity contribution is 6.35. The number of nitrogens with one attached hydrogen (secondary N) is 2. The van der Waals surface area contributed by atoms with Crippen LogP contribution in [0.2, 0.25) is 0 Å². The Morgan fingerprint density at radius 2 is 1.90 bits per heavy atom. The number of carbonyl (C=O) groups is 1. The van der Waals surface area contributed by atoms with Crippen molar-refractivity contribution in [3.05, 3.63) is 71.0 Å².